The Morgan fingerprint density at radius 1 is 1.08 bits per heavy atom. The van der Waals surface area contributed by atoms with Gasteiger partial charge >= 0.3 is 0 Å². The molecule has 3 heterocycles. The van der Waals surface area contributed by atoms with Crippen molar-refractivity contribution in [1.29, 1.82) is 0 Å². The molecule has 2 aliphatic rings. The molecule has 1 aromatic carbocycles. The summed E-state index contributed by atoms with van der Waals surface area (Å²) in [6.07, 6.45) is 5.00. The van der Waals surface area contributed by atoms with Crippen molar-refractivity contribution in [2.75, 3.05) is 19.6 Å². The van der Waals surface area contributed by atoms with E-state index in [1.54, 1.807) is 12.1 Å². The number of hydrogen-bond acceptors (Lipinski definition) is 3. The lowest BCUT2D eigenvalue weighted by molar-refractivity contribution is -0.132. The van der Waals surface area contributed by atoms with Crippen LogP contribution in [-0.2, 0) is 30.8 Å². The summed E-state index contributed by atoms with van der Waals surface area (Å²) in [7, 11) is 0. The molecule has 0 saturated carbocycles. The molecule has 5 nitrogen and oxygen atoms in total. The summed E-state index contributed by atoms with van der Waals surface area (Å²) in [4.78, 5) is 21.6. The minimum Gasteiger partial charge on any atom is -0.333 e. The summed E-state index contributed by atoms with van der Waals surface area (Å²) in [5.74, 6) is 0.761. The lowest BCUT2D eigenvalue weighted by atomic mass is 10.1. The molecule has 0 aliphatic carbocycles. The van der Waals surface area contributed by atoms with Crippen LogP contribution in [-0.4, -0.2) is 44.9 Å². The molecule has 4 rings (SSSR count). The molecule has 0 spiro atoms. The Bertz CT molecular complexity index is 749. The molecular formula is C19H23FN4O. The summed E-state index contributed by atoms with van der Waals surface area (Å²) in [5.41, 5.74) is 1.94. The Hall–Kier alpha value is -2.21. The van der Waals surface area contributed by atoms with E-state index < -0.39 is 0 Å². The van der Waals surface area contributed by atoms with Crippen molar-refractivity contribution in [2.45, 2.75) is 38.9 Å². The average Bonchev–Trinajstić information content (AvgIpc) is 3.25. The highest BCUT2D eigenvalue weighted by molar-refractivity contribution is 5.78. The van der Waals surface area contributed by atoms with Crippen LogP contribution in [0.4, 0.5) is 4.39 Å². The summed E-state index contributed by atoms with van der Waals surface area (Å²) < 4.78 is 15.2. The summed E-state index contributed by atoms with van der Waals surface area (Å²) in [6, 6.07) is 6.14. The fourth-order valence-electron chi connectivity index (χ4n) is 3.66. The van der Waals surface area contributed by atoms with Crippen molar-refractivity contribution in [2.24, 2.45) is 0 Å². The number of nitrogens with zero attached hydrogens (tertiary/aromatic N) is 4. The zero-order valence-electron chi connectivity index (χ0n) is 14.3. The summed E-state index contributed by atoms with van der Waals surface area (Å²) >= 11 is 0. The van der Waals surface area contributed by atoms with Gasteiger partial charge in [0.25, 0.3) is 0 Å². The molecule has 0 N–H and O–H groups in total. The first-order valence-electron chi connectivity index (χ1n) is 8.97. The van der Waals surface area contributed by atoms with Crippen LogP contribution in [0.3, 0.4) is 0 Å². The summed E-state index contributed by atoms with van der Waals surface area (Å²) in [5, 5.41) is 0. The number of imidazole rings is 1. The zero-order valence-corrected chi connectivity index (χ0v) is 14.3. The minimum atomic E-state index is -0.276. The van der Waals surface area contributed by atoms with Crippen LogP contribution in [0.5, 0.6) is 0 Å². The maximum absolute atomic E-state index is 13.0. The first-order valence-corrected chi connectivity index (χ1v) is 8.97. The molecule has 2 aliphatic heterocycles. The van der Waals surface area contributed by atoms with Gasteiger partial charge in [-0.05, 0) is 43.6 Å². The van der Waals surface area contributed by atoms with E-state index in [1.165, 1.54) is 25.0 Å². The Labute approximate surface area is 147 Å². The summed E-state index contributed by atoms with van der Waals surface area (Å²) in [6.45, 7) is 5.27. The molecule has 1 saturated heterocycles. The molecule has 1 fully saturated rings. The van der Waals surface area contributed by atoms with Gasteiger partial charge in [0.2, 0.25) is 5.91 Å². The van der Waals surface area contributed by atoms with Gasteiger partial charge in [0.05, 0.1) is 18.7 Å². The van der Waals surface area contributed by atoms with E-state index in [1.807, 2.05) is 4.90 Å². The van der Waals surface area contributed by atoms with E-state index in [0.717, 1.165) is 43.3 Å². The van der Waals surface area contributed by atoms with Gasteiger partial charge in [0.1, 0.15) is 11.6 Å². The number of carbonyl (C=O) groups excluding carboxylic acids is 1. The van der Waals surface area contributed by atoms with Crippen LogP contribution in [0.25, 0.3) is 0 Å². The van der Waals surface area contributed by atoms with Gasteiger partial charge in [0, 0.05) is 25.8 Å². The van der Waals surface area contributed by atoms with E-state index in [9.17, 15) is 9.18 Å². The standard InChI is InChI=1S/C19H23FN4O/c20-16-5-3-15(4-6-16)11-19(25)24-10-9-23-13-17(21-18(23)14-24)12-22-7-1-2-8-22/h3-6,13H,1-2,7-12,14H2. The van der Waals surface area contributed by atoms with E-state index >= 15 is 0 Å². The molecule has 2 aromatic rings. The smallest absolute Gasteiger partial charge is 0.227 e. The fourth-order valence-corrected chi connectivity index (χ4v) is 3.66. The number of amides is 1. The van der Waals surface area contributed by atoms with Gasteiger partial charge in [-0.25, -0.2) is 9.37 Å². The molecule has 0 radical (unpaired) electrons. The van der Waals surface area contributed by atoms with Gasteiger partial charge < -0.3 is 9.47 Å². The average molecular weight is 342 g/mol. The maximum Gasteiger partial charge on any atom is 0.227 e. The van der Waals surface area contributed by atoms with Crippen LogP contribution in [0, 0.1) is 5.82 Å². The molecular weight excluding hydrogens is 319 g/mol. The highest BCUT2D eigenvalue weighted by Gasteiger charge is 2.23. The molecule has 0 unspecified atom stereocenters. The van der Waals surface area contributed by atoms with Crippen LogP contribution in [0.2, 0.25) is 0 Å². The van der Waals surface area contributed by atoms with E-state index in [4.69, 9.17) is 4.98 Å². The first-order chi connectivity index (χ1) is 12.2. The third kappa shape index (κ3) is 3.74. The predicted molar refractivity (Wildman–Crippen MR) is 92.3 cm³/mol. The Kier molecular flexibility index (Phi) is 4.53. The molecule has 0 bridgehead atoms. The number of aromatic nitrogens is 2. The molecule has 6 heteroatoms. The second-order valence-electron chi connectivity index (χ2n) is 6.94. The predicted octanol–water partition coefficient (Wildman–Crippen LogP) is 2.20. The molecule has 25 heavy (non-hydrogen) atoms. The Morgan fingerprint density at radius 2 is 1.84 bits per heavy atom. The number of halogens is 1. The Balaban J connectivity index is 1.39. The molecule has 1 aromatic heterocycles. The monoisotopic (exact) mass is 342 g/mol. The van der Waals surface area contributed by atoms with Gasteiger partial charge in [-0.2, -0.15) is 0 Å². The number of benzene rings is 1. The highest BCUT2D eigenvalue weighted by Crippen LogP contribution is 2.17. The van der Waals surface area contributed by atoms with Crippen LogP contribution >= 0.6 is 0 Å². The van der Waals surface area contributed by atoms with Crippen LogP contribution in [0.1, 0.15) is 29.9 Å². The largest absolute Gasteiger partial charge is 0.333 e. The number of carbonyl (C=O) groups is 1. The fraction of sp³-hybridized carbons (Fsp3) is 0.474. The van der Waals surface area contributed by atoms with E-state index in [-0.39, 0.29) is 11.7 Å². The van der Waals surface area contributed by atoms with Crippen LogP contribution < -0.4 is 0 Å². The SMILES string of the molecule is O=C(Cc1ccc(F)cc1)N1CCn2cc(CN3CCCC3)nc2C1. The van der Waals surface area contributed by atoms with E-state index in [2.05, 4.69) is 15.7 Å². The van der Waals surface area contributed by atoms with Crippen molar-refractivity contribution < 1.29 is 9.18 Å². The van der Waals surface area contributed by atoms with Crippen molar-refractivity contribution in [3.8, 4) is 0 Å². The van der Waals surface area contributed by atoms with Gasteiger partial charge in [-0.15, -0.1) is 0 Å². The van der Waals surface area contributed by atoms with E-state index in [0.29, 0.717) is 19.5 Å². The second kappa shape index (κ2) is 6.96. The lowest BCUT2D eigenvalue weighted by Crippen LogP contribution is -2.39. The van der Waals surface area contributed by atoms with Gasteiger partial charge in [-0.1, -0.05) is 12.1 Å². The molecule has 1 amide bonds. The quantitative estimate of drug-likeness (QED) is 0.855. The minimum absolute atomic E-state index is 0.0713. The third-order valence-electron chi connectivity index (χ3n) is 5.06. The van der Waals surface area contributed by atoms with Crippen LogP contribution in [0.15, 0.2) is 30.5 Å². The second-order valence-corrected chi connectivity index (χ2v) is 6.94. The lowest BCUT2D eigenvalue weighted by Gasteiger charge is -2.27. The molecule has 132 valence electrons. The number of hydrogen-bond donors (Lipinski definition) is 0. The number of rotatable bonds is 4. The van der Waals surface area contributed by atoms with Gasteiger partial charge in [-0.3, -0.25) is 9.69 Å². The highest BCUT2D eigenvalue weighted by atomic mass is 19.1. The van der Waals surface area contributed by atoms with Crippen molar-refractivity contribution >= 4 is 5.91 Å². The number of fused-ring (bicyclic) bond motifs is 1. The topological polar surface area (TPSA) is 41.4 Å². The maximum atomic E-state index is 13.0. The Morgan fingerprint density at radius 3 is 2.60 bits per heavy atom. The third-order valence-corrected chi connectivity index (χ3v) is 5.06. The molecule has 0 atom stereocenters. The number of likely N-dealkylation sites (tertiary alicyclic amines) is 1. The van der Waals surface area contributed by atoms with Gasteiger partial charge in [0.15, 0.2) is 0 Å². The normalized spacial score (nSPS) is 17.7. The van der Waals surface area contributed by atoms with Crippen molar-refractivity contribution in [3.05, 3.63) is 53.4 Å². The van der Waals surface area contributed by atoms with Crippen molar-refractivity contribution in [3.63, 3.8) is 0 Å². The first kappa shape index (κ1) is 16.3. The zero-order chi connectivity index (χ0) is 17.2. The van der Waals surface area contributed by atoms with Crippen molar-refractivity contribution in [1.82, 2.24) is 19.4 Å².